The van der Waals surface area contributed by atoms with Crippen LogP contribution >= 0.6 is 23.1 Å². The summed E-state index contributed by atoms with van der Waals surface area (Å²) in [6.07, 6.45) is 0. The van der Waals surface area contributed by atoms with Gasteiger partial charge in [-0.25, -0.2) is 0 Å². The third kappa shape index (κ3) is 4.80. The van der Waals surface area contributed by atoms with Crippen LogP contribution in [0.1, 0.15) is 16.3 Å². The highest BCUT2D eigenvalue weighted by molar-refractivity contribution is 7.99. The van der Waals surface area contributed by atoms with Gasteiger partial charge in [0.1, 0.15) is 19.0 Å². The highest BCUT2D eigenvalue weighted by Gasteiger charge is 2.22. The van der Waals surface area contributed by atoms with Gasteiger partial charge in [-0.2, -0.15) is 0 Å². The molecule has 3 heterocycles. The number of amides is 1. The van der Waals surface area contributed by atoms with Gasteiger partial charge >= 0.3 is 0 Å². The van der Waals surface area contributed by atoms with E-state index >= 15 is 0 Å². The zero-order valence-electron chi connectivity index (χ0n) is 18.9. The van der Waals surface area contributed by atoms with Crippen LogP contribution in [-0.4, -0.2) is 39.6 Å². The van der Waals surface area contributed by atoms with Crippen molar-refractivity contribution in [1.82, 2.24) is 14.8 Å². The highest BCUT2D eigenvalue weighted by atomic mass is 32.2. The van der Waals surface area contributed by atoms with Gasteiger partial charge in [0, 0.05) is 22.3 Å². The largest absolute Gasteiger partial charge is 0.486 e. The minimum Gasteiger partial charge on any atom is -0.486 e. The van der Waals surface area contributed by atoms with Crippen LogP contribution in [0.2, 0.25) is 0 Å². The van der Waals surface area contributed by atoms with E-state index in [0.29, 0.717) is 36.4 Å². The highest BCUT2D eigenvalue weighted by Crippen LogP contribution is 2.35. The molecule has 0 N–H and O–H groups in total. The monoisotopic (exact) mass is 492 g/mol. The van der Waals surface area contributed by atoms with Gasteiger partial charge in [0.15, 0.2) is 16.7 Å². The molecule has 0 bridgehead atoms. The molecule has 0 fully saturated rings. The maximum absolute atomic E-state index is 13.5. The Morgan fingerprint density at radius 2 is 1.85 bits per heavy atom. The number of carbonyl (C=O) groups is 1. The summed E-state index contributed by atoms with van der Waals surface area (Å²) in [5.41, 5.74) is 2.94. The molecule has 2 aromatic heterocycles. The van der Waals surface area contributed by atoms with Crippen molar-refractivity contribution in [3.05, 3.63) is 76.2 Å². The number of anilines is 1. The third-order valence-corrected chi connectivity index (χ3v) is 7.22. The van der Waals surface area contributed by atoms with Crippen molar-refractivity contribution < 1.29 is 14.3 Å². The molecule has 174 valence electrons. The zero-order chi connectivity index (χ0) is 23.5. The van der Waals surface area contributed by atoms with Gasteiger partial charge in [-0.05, 0) is 49.6 Å². The van der Waals surface area contributed by atoms with Gasteiger partial charge < -0.3 is 14.4 Å². The number of ether oxygens (including phenoxy) is 2. The van der Waals surface area contributed by atoms with Crippen molar-refractivity contribution >= 4 is 34.7 Å². The standard InChI is InChI=1S/C25H24N4O3S2/c1-17-5-7-19(8-6-17)29-18(2)26-27-25(29)34-16-24(30)28(15-21-4-3-13-33-21)20-9-10-22-23(14-20)32-12-11-31-22/h3-10,13-14H,11-12,15-16H2,1-2H3. The van der Waals surface area contributed by atoms with Gasteiger partial charge in [-0.3, -0.25) is 9.36 Å². The van der Waals surface area contributed by atoms with Crippen molar-refractivity contribution in [2.24, 2.45) is 0 Å². The summed E-state index contributed by atoms with van der Waals surface area (Å²) in [5, 5.41) is 11.3. The summed E-state index contributed by atoms with van der Waals surface area (Å²) in [5.74, 6) is 2.35. The molecule has 0 spiro atoms. The molecule has 7 nitrogen and oxygen atoms in total. The number of aryl methyl sites for hydroxylation is 2. The minimum atomic E-state index is -0.0220. The van der Waals surface area contributed by atoms with Crippen LogP contribution in [0.25, 0.3) is 5.69 Å². The molecule has 0 aliphatic carbocycles. The summed E-state index contributed by atoms with van der Waals surface area (Å²) in [7, 11) is 0. The lowest BCUT2D eigenvalue weighted by Crippen LogP contribution is -2.32. The van der Waals surface area contributed by atoms with Gasteiger partial charge in [0.25, 0.3) is 0 Å². The van der Waals surface area contributed by atoms with Gasteiger partial charge in [0.2, 0.25) is 5.91 Å². The summed E-state index contributed by atoms with van der Waals surface area (Å²) in [6, 6.07) is 17.9. The molecule has 0 unspecified atom stereocenters. The average Bonchev–Trinajstić information content (AvgIpc) is 3.51. The normalized spacial score (nSPS) is 12.5. The van der Waals surface area contributed by atoms with Crippen LogP contribution in [0.5, 0.6) is 11.5 Å². The van der Waals surface area contributed by atoms with E-state index in [1.54, 1.807) is 16.2 Å². The van der Waals surface area contributed by atoms with Crippen LogP contribution in [0, 0.1) is 13.8 Å². The van der Waals surface area contributed by atoms with Crippen LogP contribution in [-0.2, 0) is 11.3 Å². The van der Waals surface area contributed by atoms with Gasteiger partial charge in [-0.1, -0.05) is 35.5 Å². The lowest BCUT2D eigenvalue weighted by atomic mass is 10.2. The van der Waals surface area contributed by atoms with E-state index in [0.717, 1.165) is 22.1 Å². The van der Waals surface area contributed by atoms with Crippen molar-refractivity contribution in [2.45, 2.75) is 25.5 Å². The van der Waals surface area contributed by atoms with Crippen molar-refractivity contribution in [3.63, 3.8) is 0 Å². The predicted octanol–water partition coefficient (Wildman–Crippen LogP) is 5.04. The second-order valence-corrected chi connectivity index (χ2v) is 9.85. The van der Waals surface area contributed by atoms with Crippen molar-refractivity contribution in [3.8, 4) is 17.2 Å². The van der Waals surface area contributed by atoms with E-state index in [2.05, 4.69) is 29.3 Å². The molecule has 0 atom stereocenters. The Kier molecular flexibility index (Phi) is 6.55. The van der Waals surface area contributed by atoms with E-state index in [9.17, 15) is 4.79 Å². The molecule has 9 heteroatoms. The maximum Gasteiger partial charge on any atom is 0.237 e. The first-order valence-electron chi connectivity index (χ1n) is 10.9. The fraction of sp³-hybridized carbons (Fsp3) is 0.240. The maximum atomic E-state index is 13.5. The number of thioether (sulfide) groups is 1. The number of aromatic nitrogens is 3. The Morgan fingerprint density at radius 1 is 1.06 bits per heavy atom. The molecule has 5 rings (SSSR count). The number of nitrogens with zero attached hydrogens (tertiary/aromatic N) is 4. The van der Waals surface area contributed by atoms with Crippen LogP contribution in [0.4, 0.5) is 5.69 Å². The molecule has 0 saturated heterocycles. The molecule has 0 radical (unpaired) electrons. The average molecular weight is 493 g/mol. The number of fused-ring (bicyclic) bond motifs is 1. The number of hydrogen-bond acceptors (Lipinski definition) is 7. The lowest BCUT2D eigenvalue weighted by Gasteiger charge is -2.25. The first-order valence-corrected chi connectivity index (χ1v) is 12.8. The Hall–Kier alpha value is -3.30. The molecule has 1 aliphatic heterocycles. The Balaban J connectivity index is 1.38. The van der Waals surface area contributed by atoms with Gasteiger partial charge in [-0.15, -0.1) is 21.5 Å². The lowest BCUT2D eigenvalue weighted by molar-refractivity contribution is -0.116. The predicted molar refractivity (Wildman–Crippen MR) is 134 cm³/mol. The van der Waals surface area contributed by atoms with E-state index < -0.39 is 0 Å². The quantitative estimate of drug-likeness (QED) is 0.337. The van der Waals surface area contributed by atoms with E-state index in [1.807, 2.05) is 59.3 Å². The molecule has 34 heavy (non-hydrogen) atoms. The number of carbonyl (C=O) groups excluding carboxylic acids is 1. The fourth-order valence-corrected chi connectivity index (χ4v) is 5.28. The summed E-state index contributed by atoms with van der Waals surface area (Å²) in [6.45, 7) is 5.48. The van der Waals surface area contributed by atoms with Gasteiger partial charge in [0.05, 0.1) is 12.3 Å². The van der Waals surface area contributed by atoms with Crippen LogP contribution in [0.3, 0.4) is 0 Å². The minimum absolute atomic E-state index is 0.0220. The van der Waals surface area contributed by atoms with Crippen LogP contribution in [0.15, 0.2) is 65.1 Å². The SMILES string of the molecule is Cc1ccc(-n2c(C)nnc2SCC(=O)N(Cc2cccs2)c2ccc3c(c2)OCCO3)cc1. The number of benzene rings is 2. The molecule has 4 aromatic rings. The van der Waals surface area contributed by atoms with E-state index in [1.165, 1.54) is 17.3 Å². The molecule has 0 saturated carbocycles. The Morgan fingerprint density at radius 3 is 2.62 bits per heavy atom. The first-order chi connectivity index (χ1) is 16.6. The Bertz CT molecular complexity index is 1290. The number of thiophene rings is 1. The summed E-state index contributed by atoms with van der Waals surface area (Å²) < 4.78 is 13.4. The molecular weight excluding hydrogens is 468 g/mol. The second kappa shape index (κ2) is 9.90. The topological polar surface area (TPSA) is 69.5 Å². The number of hydrogen-bond donors (Lipinski definition) is 0. The van der Waals surface area contributed by atoms with E-state index in [-0.39, 0.29) is 11.7 Å². The second-order valence-electron chi connectivity index (χ2n) is 7.88. The first kappa shape index (κ1) is 22.5. The smallest absolute Gasteiger partial charge is 0.237 e. The Labute approximate surface area is 206 Å². The molecule has 1 amide bonds. The van der Waals surface area contributed by atoms with Crippen LogP contribution < -0.4 is 14.4 Å². The van der Waals surface area contributed by atoms with Crippen molar-refractivity contribution in [1.29, 1.82) is 0 Å². The van der Waals surface area contributed by atoms with E-state index in [4.69, 9.17) is 9.47 Å². The molecular formula is C25H24N4O3S2. The molecule has 2 aromatic carbocycles. The zero-order valence-corrected chi connectivity index (χ0v) is 20.6. The fourth-order valence-electron chi connectivity index (χ4n) is 3.71. The van der Waals surface area contributed by atoms with Crippen molar-refractivity contribution in [2.75, 3.05) is 23.9 Å². The number of rotatable bonds is 7. The molecule has 1 aliphatic rings. The summed E-state index contributed by atoms with van der Waals surface area (Å²) in [4.78, 5) is 16.4. The summed E-state index contributed by atoms with van der Waals surface area (Å²) >= 11 is 3.01. The third-order valence-electron chi connectivity index (χ3n) is 5.44.